The summed E-state index contributed by atoms with van der Waals surface area (Å²) in [6.07, 6.45) is 0. The fraction of sp³-hybridized carbons (Fsp3) is 0.0625. The minimum Gasteiger partial charge on any atom is -0.478 e. The zero-order chi connectivity index (χ0) is 18.8. The minimum atomic E-state index is -1.10. The molecule has 27 heavy (non-hydrogen) atoms. The van der Waals surface area contributed by atoms with Gasteiger partial charge in [0.2, 0.25) is 0 Å². The van der Waals surface area contributed by atoms with Crippen molar-refractivity contribution in [3.8, 4) is 0 Å². The number of carboxylic acid groups (broad SMARTS) is 1. The maximum absolute atomic E-state index is 11.5. The Morgan fingerprint density at radius 3 is 2.52 bits per heavy atom. The Kier molecular flexibility index (Phi) is 5.75. The predicted octanol–water partition coefficient (Wildman–Crippen LogP) is 0.789. The number of anilines is 1. The maximum atomic E-state index is 11.5. The highest BCUT2D eigenvalue weighted by Gasteiger charge is 2.20. The number of nitro benzene ring substituents is 1. The van der Waals surface area contributed by atoms with Crippen molar-refractivity contribution in [2.75, 3.05) is 5.32 Å². The Bertz CT molecular complexity index is 1100. The van der Waals surface area contributed by atoms with Crippen LogP contribution >= 0.6 is 17.0 Å². The molecule has 11 heteroatoms. The third-order valence-corrected chi connectivity index (χ3v) is 3.58. The van der Waals surface area contributed by atoms with Crippen molar-refractivity contribution in [3.63, 3.8) is 0 Å². The van der Waals surface area contributed by atoms with Crippen LogP contribution in [0.25, 0.3) is 0 Å². The van der Waals surface area contributed by atoms with Gasteiger partial charge in [-0.3, -0.25) is 19.7 Å². The van der Waals surface area contributed by atoms with Gasteiger partial charge in [-0.15, -0.1) is 17.0 Å². The summed E-state index contributed by atoms with van der Waals surface area (Å²) in [4.78, 5) is 51.5. The van der Waals surface area contributed by atoms with Gasteiger partial charge in [0.25, 0.3) is 5.69 Å². The standard InChI is InChI=1S/C16H10N4O6.BrH/c21-14-15(22)19-13-9(5-11(20(25)26)6-12(13)18-14)7-17-10-3-1-2-8(4-10)16(23)24;/h1-6,17H,7H2,(H,23,24);1H. The number of nitrogens with one attached hydrogen (secondary N) is 1. The Morgan fingerprint density at radius 1 is 1.15 bits per heavy atom. The molecular formula is C16H11BrN4O6. The summed E-state index contributed by atoms with van der Waals surface area (Å²) in [5.74, 6) is -3.24. The number of hydrogen-bond donors (Lipinski definition) is 2. The van der Waals surface area contributed by atoms with Crippen LogP contribution in [0.2, 0.25) is 0 Å². The number of carboxylic acids is 1. The van der Waals surface area contributed by atoms with Crippen LogP contribution in [0.5, 0.6) is 0 Å². The summed E-state index contributed by atoms with van der Waals surface area (Å²) in [6.45, 7) is 0.00752. The van der Waals surface area contributed by atoms with Crippen LogP contribution in [0.4, 0.5) is 11.4 Å². The molecule has 3 rings (SSSR count). The maximum Gasteiger partial charge on any atom is 0.338 e. The average molecular weight is 435 g/mol. The van der Waals surface area contributed by atoms with E-state index in [-0.39, 0.29) is 51.1 Å². The molecule has 1 heterocycles. The number of amides is 2. The Balaban J connectivity index is 0.00000261. The van der Waals surface area contributed by atoms with Crippen LogP contribution in [-0.4, -0.2) is 27.8 Å². The van der Waals surface area contributed by atoms with Gasteiger partial charge in [-0.25, -0.2) is 14.8 Å². The molecule has 138 valence electrons. The predicted molar refractivity (Wildman–Crippen MR) is 96.5 cm³/mol. The second-order valence-corrected chi connectivity index (χ2v) is 5.30. The quantitative estimate of drug-likeness (QED) is 0.400. The van der Waals surface area contributed by atoms with Crippen LogP contribution < -0.4 is 16.0 Å². The smallest absolute Gasteiger partial charge is 0.338 e. The third kappa shape index (κ3) is 4.20. The van der Waals surface area contributed by atoms with E-state index in [1.54, 1.807) is 6.07 Å². The largest absolute Gasteiger partial charge is 0.478 e. The van der Waals surface area contributed by atoms with E-state index >= 15 is 0 Å². The number of aromatic carboxylic acids is 1. The monoisotopic (exact) mass is 434 g/mol. The van der Waals surface area contributed by atoms with Gasteiger partial charge < -0.3 is 10.4 Å². The summed E-state index contributed by atoms with van der Waals surface area (Å²) in [5.41, 5.74) is 0.498. The molecule has 1 aliphatic rings. The Morgan fingerprint density at radius 2 is 1.85 bits per heavy atom. The molecule has 10 nitrogen and oxygen atoms in total. The molecule has 2 N–H and O–H groups in total. The molecule has 0 aromatic heterocycles. The van der Waals surface area contributed by atoms with Crippen LogP contribution in [0.15, 0.2) is 46.4 Å². The highest BCUT2D eigenvalue weighted by molar-refractivity contribution is 8.93. The fourth-order valence-corrected chi connectivity index (χ4v) is 2.38. The number of carbonyl (C=O) groups is 3. The van der Waals surface area contributed by atoms with Crippen molar-refractivity contribution in [2.45, 2.75) is 6.54 Å². The summed E-state index contributed by atoms with van der Waals surface area (Å²) >= 11 is 0. The molecule has 0 atom stereocenters. The van der Waals surface area contributed by atoms with E-state index in [1.807, 2.05) is 0 Å². The molecule has 1 aliphatic heterocycles. The molecular weight excluding hydrogens is 424 g/mol. The molecule has 0 fully saturated rings. The van der Waals surface area contributed by atoms with Gasteiger partial charge >= 0.3 is 17.8 Å². The van der Waals surface area contributed by atoms with Crippen molar-refractivity contribution in [3.05, 3.63) is 68.4 Å². The number of nitrogens with zero attached hydrogens (tertiary/aromatic N) is 3. The van der Waals surface area contributed by atoms with Gasteiger partial charge in [-0.1, -0.05) is 6.07 Å². The highest BCUT2D eigenvalue weighted by atomic mass is 79.9. The molecule has 0 radical (unpaired) electrons. The van der Waals surface area contributed by atoms with E-state index in [0.717, 1.165) is 6.07 Å². The molecule has 0 bridgehead atoms. The molecule has 0 unspecified atom stereocenters. The number of carbonyl (C=O) groups excluding carboxylic acids is 2. The van der Waals surface area contributed by atoms with Crippen molar-refractivity contribution in [1.29, 1.82) is 0 Å². The zero-order valence-corrected chi connectivity index (χ0v) is 15.1. The number of nitro groups is 1. The van der Waals surface area contributed by atoms with Gasteiger partial charge in [-0.2, -0.15) is 0 Å². The average Bonchev–Trinajstić information content (AvgIpc) is 2.60. The lowest BCUT2D eigenvalue weighted by Gasteiger charge is -2.09. The first-order chi connectivity index (χ1) is 12.3. The molecule has 0 saturated heterocycles. The number of halogens is 1. The Hall–Kier alpha value is -3.47. The SMILES string of the molecule is Br.O=C1N=c2cc([N+](=O)[O-])cc(CNc3cccc(C(=O)O)c3)c2=NC1=O. The molecule has 2 aromatic carbocycles. The normalized spacial score (nSPS) is 12.1. The molecule has 2 amide bonds. The lowest BCUT2D eigenvalue weighted by molar-refractivity contribution is -0.385. The summed E-state index contributed by atoms with van der Waals surface area (Å²) in [6, 6.07) is 8.25. The lowest BCUT2D eigenvalue weighted by Crippen LogP contribution is -2.37. The van der Waals surface area contributed by atoms with Gasteiger partial charge in [-0.05, 0) is 18.2 Å². The number of hydrogen-bond acceptors (Lipinski definition) is 6. The van der Waals surface area contributed by atoms with Crippen molar-refractivity contribution < 1.29 is 24.4 Å². The molecule has 0 spiro atoms. The summed E-state index contributed by atoms with van der Waals surface area (Å²) in [7, 11) is 0. The minimum absolute atomic E-state index is 0. The summed E-state index contributed by atoms with van der Waals surface area (Å²) in [5, 5.41) is 23.0. The topological polar surface area (TPSA) is 151 Å². The van der Waals surface area contributed by atoms with E-state index in [0.29, 0.717) is 5.69 Å². The van der Waals surface area contributed by atoms with Crippen molar-refractivity contribution in [2.24, 2.45) is 9.98 Å². The first-order valence-electron chi connectivity index (χ1n) is 7.25. The van der Waals surface area contributed by atoms with E-state index in [1.165, 1.54) is 24.3 Å². The van der Waals surface area contributed by atoms with Gasteiger partial charge in [0.15, 0.2) is 0 Å². The second-order valence-electron chi connectivity index (χ2n) is 5.30. The molecule has 0 saturated carbocycles. The van der Waals surface area contributed by atoms with Gasteiger partial charge in [0.1, 0.15) is 5.36 Å². The van der Waals surface area contributed by atoms with Crippen molar-refractivity contribution >= 4 is 46.1 Å². The van der Waals surface area contributed by atoms with Crippen LogP contribution in [0.1, 0.15) is 15.9 Å². The first kappa shape index (κ1) is 19.8. The van der Waals surface area contributed by atoms with Crippen LogP contribution in [0, 0.1) is 10.1 Å². The number of benzene rings is 2. The number of non-ortho nitro benzene ring substituents is 1. The Labute approximate surface area is 161 Å². The fourth-order valence-electron chi connectivity index (χ4n) is 2.38. The van der Waals surface area contributed by atoms with Gasteiger partial charge in [0, 0.05) is 29.9 Å². The summed E-state index contributed by atoms with van der Waals surface area (Å²) < 4.78 is 0. The molecule has 0 aliphatic carbocycles. The number of rotatable bonds is 5. The zero-order valence-electron chi connectivity index (χ0n) is 13.4. The van der Waals surface area contributed by atoms with E-state index in [4.69, 9.17) is 5.11 Å². The van der Waals surface area contributed by atoms with E-state index in [9.17, 15) is 24.5 Å². The van der Waals surface area contributed by atoms with E-state index in [2.05, 4.69) is 15.3 Å². The van der Waals surface area contributed by atoms with Crippen LogP contribution in [0.3, 0.4) is 0 Å². The first-order valence-corrected chi connectivity index (χ1v) is 7.25. The number of fused-ring (bicyclic) bond motifs is 1. The van der Waals surface area contributed by atoms with Crippen LogP contribution in [-0.2, 0) is 16.1 Å². The second kappa shape index (κ2) is 7.83. The lowest BCUT2D eigenvalue weighted by atomic mass is 10.1. The highest BCUT2D eigenvalue weighted by Crippen LogP contribution is 2.13. The van der Waals surface area contributed by atoms with Gasteiger partial charge in [0.05, 0.1) is 15.8 Å². The van der Waals surface area contributed by atoms with Crippen molar-refractivity contribution in [1.82, 2.24) is 0 Å². The third-order valence-electron chi connectivity index (χ3n) is 3.58. The van der Waals surface area contributed by atoms with E-state index < -0.39 is 22.7 Å². The molecule has 2 aromatic rings.